The minimum Gasteiger partial charge on any atom is -0.361 e. The van der Waals surface area contributed by atoms with Crippen molar-refractivity contribution in [2.45, 2.75) is 51.0 Å². The van der Waals surface area contributed by atoms with Gasteiger partial charge in [-0.05, 0) is 38.5 Å². The van der Waals surface area contributed by atoms with E-state index in [1.54, 1.807) is 4.90 Å². The monoisotopic (exact) mass is 358 g/mol. The highest BCUT2D eigenvalue weighted by Crippen LogP contribution is 2.34. The van der Waals surface area contributed by atoms with E-state index in [-0.39, 0.29) is 12.5 Å². The zero-order valence-electron chi connectivity index (χ0n) is 14.6. The zero-order chi connectivity index (χ0) is 18.1. The number of likely N-dealkylation sites (tertiary alicyclic amines) is 1. The van der Waals surface area contributed by atoms with Crippen LogP contribution in [0.5, 0.6) is 0 Å². The number of carbonyl (C=O) groups excluding carboxylic acids is 1. The zero-order valence-corrected chi connectivity index (χ0v) is 14.6. The largest absolute Gasteiger partial charge is 0.361 e. The summed E-state index contributed by atoms with van der Waals surface area (Å²) in [5.41, 5.74) is 1.38. The van der Waals surface area contributed by atoms with Gasteiger partial charge in [-0.1, -0.05) is 5.16 Å². The van der Waals surface area contributed by atoms with E-state index in [0.717, 1.165) is 37.1 Å². The van der Waals surface area contributed by atoms with Gasteiger partial charge in [0, 0.05) is 36.8 Å². The number of hydrogen-bond donors (Lipinski definition) is 1. The van der Waals surface area contributed by atoms with Gasteiger partial charge in [-0.2, -0.15) is 0 Å². The predicted octanol–water partition coefficient (Wildman–Crippen LogP) is 0.810. The average Bonchev–Trinajstić information content (AvgIpc) is 3.08. The van der Waals surface area contributed by atoms with Crippen LogP contribution < -0.4 is 11.2 Å². The first-order valence-corrected chi connectivity index (χ1v) is 9.16. The van der Waals surface area contributed by atoms with Gasteiger partial charge in [-0.25, -0.2) is 4.79 Å². The van der Waals surface area contributed by atoms with Gasteiger partial charge in [0.05, 0.1) is 5.69 Å². The lowest BCUT2D eigenvalue weighted by Gasteiger charge is -2.31. The maximum Gasteiger partial charge on any atom is 0.328 e. The lowest BCUT2D eigenvalue weighted by atomic mass is 9.87. The molecule has 138 valence electrons. The number of hydrogen-bond acceptors (Lipinski definition) is 5. The van der Waals surface area contributed by atoms with E-state index in [2.05, 4.69) is 10.1 Å². The molecular weight excluding hydrogens is 336 g/mol. The molecule has 0 unspecified atom stereocenters. The summed E-state index contributed by atoms with van der Waals surface area (Å²) in [7, 11) is 0. The molecule has 26 heavy (non-hydrogen) atoms. The topological polar surface area (TPSA) is 101 Å². The number of nitrogens with zero attached hydrogens (tertiary/aromatic N) is 3. The molecule has 8 nitrogen and oxygen atoms in total. The first kappa shape index (κ1) is 16.8. The van der Waals surface area contributed by atoms with Gasteiger partial charge in [0.25, 0.3) is 5.56 Å². The van der Waals surface area contributed by atoms with Crippen molar-refractivity contribution < 1.29 is 9.32 Å². The SMILES string of the molecule is O=C(Cn1ccc(=O)[nH]c1=O)N1CCC(c2onc3c2CCCC3)CC1. The predicted molar refractivity (Wildman–Crippen MR) is 93.0 cm³/mol. The van der Waals surface area contributed by atoms with Crippen molar-refractivity contribution in [2.24, 2.45) is 0 Å². The molecule has 2 aromatic rings. The Kier molecular flexibility index (Phi) is 4.48. The number of aryl methyl sites for hydroxylation is 1. The summed E-state index contributed by atoms with van der Waals surface area (Å²) in [5, 5.41) is 4.24. The van der Waals surface area contributed by atoms with Crippen LogP contribution in [0.3, 0.4) is 0 Å². The fourth-order valence-electron chi connectivity index (χ4n) is 3.94. The summed E-state index contributed by atoms with van der Waals surface area (Å²) >= 11 is 0. The van der Waals surface area contributed by atoms with Crippen LogP contribution in [0.2, 0.25) is 0 Å². The van der Waals surface area contributed by atoms with E-state index in [9.17, 15) is 14.4 Å². The summed E-state index contributed by atoms with van der Waals surface area (Å²) < 4.78 is 6.87. The quantitative estimate of drug-likeness (QED) is 0.875. The Morgan fingerprint density at radius 3 is 2.77 bits per heavy atom. The molecule has 3 heterocycles. The van der Waals surface area contributed by atoms with E-state index >= 15 is 0 Å². The Hall–Kier alpha value is -2.64. The molecule has 1 aliphatic heterocycles. The van der Waals surface area contributed by atoms with Gasteiger partial charge in [0.1, 0.15) is 12.3 Å². The fraction of sp³-hybridized carbons (Fsp3) is 0.556. The van der Waals surface area contributed by atoms with Crippen molar-refractivity contribution >= 4 is 5.91 Å². The summed E-state index contributed by atoms with van der Waals surface area (Å²) in [5.74, 6) is 1.21. The summed E-state index contributed by atoms with van der Waals surface area (Å²) in [6, 6.07) is 1.24. The maximum absolute atomic E-state index is 12.5. The second-order valence-corrected chi connectivity index (χ2v) is 7.07. The Morgan fingerprint density at radius 1 is 1.23 bits per heavy atom. The Labute approximate surface area is 149 Å². The number of carbonyl (C=O) groups is 1. The van der Waals surface area contributed by atoms with Crippen LogP contribution in [0.25, 0.3) is 0 Å². The number of piperidine rings is 1. The van der Waals surface area contributed by atoms with Crippen molar-refractivity contribution in [1.82, 2.24) is 19.6 Å². The fourth-order valence-corrected chi connectivity index (χ4v) is 3.94. The van der Waals surface area contributed by atoms with E-state index < -0.39 is 11.2 Å². The van der Waals surface area contributed by atoms with Crippen molar-refractivity contribution in [2.75, 3.05) is 13.1 Å². The minimum atomic E-state index is -0.561. The van der Waals surface area contributed by atoms with Crippen LogP contribution in [0, 0.1) is 0 Å². The lowest BCUT2D eigenvalue weighted by Crippen LogP contribution is -2.42. The maximum atomic E-state index is 12.5. The molecule has 1 N–H and O–H groups in total. The summed E-state index contributed by atoms with van der Waals surface area (Å²) in [6.45, 7) is 1.21. The molecular formula is C18H22N4O4. The second kappa shape index (κ2) is 6.93. The third kappa shape index (κ3) is 3.23. The number of aromatic nitrogens is 3. The van der Waals surface area contributed by atoms with Crippen LogP contribution in [-0.4, -0.2) is 38.6 Å². The lowest BCUT2D eigenvalue weighted by molar-refractivity contribution is -0.133. The molecule has 0 aromatic carbocycles. The molecule has 1 saturated heterocycles. The van der Waals surface area contributed by atoms with E-state index in [0.29, 0.717) is 19.0 Å². The first-order chi connectivity index (χ1) is 12.6. The number of amides is 1. The van der Waals surface area contributed by atoms with Crippen LogP contribution in [0.1, 0.15) is 48.6 Å². The van der Waals surface area contributed by atoms with Gasteiger partial charge in [-0.15, -0.1) is 0 Å². The molecule has 0 bridgehead atoms. The Bertz CT molecular complexity index is 918. The first-order valence-electron chi connectivity index (χ1n) is 9.16. The standard InChI is InChI=1S/C18H22N4O4/c23-15-7-10-22(18(25)19-15)11-16(24)21-8-5-12(6-9-21)17-13-3-1-2-4-14(13)20-26-17/h7,10,12H,1-6,8-9,11H2,(H,19,23,25). The van der Waals surface area contributed by atoms with Crippen LogP contribution in [0.4, 0.5) is 0 Å². The number of rotatable bonds is 3. The van der Waals surface area contributed by atoms with Gasteiger partial charge < -0.3 is 9.42 Å². The molecule has 2 aromatic heterocycles. The van der Waals surface area contributed by atoms with Crippen molar-refractivity contribution in [1.29, 1.82) is 0 Å². The molecule has 2 aliphatic rings. The third-order valence-corrected chi connectivity index (χ3v) is 5.41. The minimum absolute atomic E-state index is 0.0576. The van der Waals surface area contributed by atoms with Crippen molar-refractivity contribution in [3.8, 4) is 0 Å². The van der Waals surface area contributed by atoms with Gasteiger partial charge in [-0.3, -0.25) is 19.1 Å². The Morgan fingerprint density at radius 2 is 2.00 bits per heavy atom. The molecule has 4 rings (SSSR count). The highest BCUT2D eigenvalue weighted by atomic mass is 16.5. The molecule has 0 radical (unpaired) electrons. The van der Waals surface area contributed by atoms with E-state index in [1.165, 1.54) is 35.2 Å². The normalized spacial score (nSPS) is 17.9. The highest BCUT2D eigenvalue weighted by Gasteiger charge is 2.30. The van der Waals surface area contributed by atoms with Crippen molar-refractivity contribution in [3.63, 3.8) is 0 Å². The highest BCUT2D eigenvalue weighted by molar-refractivity contribution is 5.76. The van der Waals surface area contributed by atoms with Gasteiger partial charge in [0.15, 0.2) is 0 Å². The summed E-state index contributed by atoms with van der Waals surface area (Å²) in [6.07, 6.45) is 7.45. The molecule has 1 aliphatic carbocycles. The Balaban J connectivity index is 1.39. The second-order valence-electron chi connectivity index (χ2n) is 7.07. The molecule has 0 spiro atoms. The van der Waals surface area contributed by atoms with Crippen LogP contribution in [0.15, 0.2) is 26.4 Å². The molecule has 1 amide bonds. The van der Waals surface area contributed by atoms with Crippen molar-refractivity contribution in [3.05, 3.63) is 50.1 Å². The number of fused-ring (bicyclic) bond motifs is 1. The molecule has 8 heteroatoms. The van der Waals surface area contributed by atoms with Gasteiger partial charge >= 0.3 is 5.69 Å². The van der Waals surface area contributed by atoms with Crippen LogP contribution >= 0.6 is 0 Å². The van der Waals surface area contributed by atoms with Gasteiger partial charge in [0.2, 0.25) is 5.91 Å². The van der Waals surface area contributed by atoms with E-state index in [4.69, 9.17) is 4.52 Å². The smallest absolute Gasteiger partial charge is 0.328 e. The molecule has 1 fully saturated rings. The number of aromatic amines is 1. The summed E-state index contributed by atoms with van der Waals surface area (Å²) in [4.78, 5) is 39.2. The van der Waals surface area contributed by atoms with Crippen LogP contribution in [-0.2, 0) is 24.2 Å². The number of nitrogens with one attached hydrogen (secondary N) is 1. The molecule has 0 saturated carbocycles. The molecule has 0 atom stereocenters. The number of H-pyrrole nitrogens is 1. The van der Waals surface area contributed by atoms with E-state index in [1.807, 2.05) is 0 Å². The third-order valence-electron chi connectivity index (χ3n) is 5.41. The average molecular weight is 358 g/mol.